The monoisotopic (exact) mass is 280 g/mol. The van der Waals surface area contributed by atoms with Gasteiger partial charge in [0, 0.05) is 19.1 Å². The van der Waals surface area contributed by atoms with E-state index < -0.39 is 0 Å². The van der Waals surface area contributed by atoms with Crippen LogP contribution in [0.4, 0.5) is 0 Å². The molecule has 2 fully saturated rings. The minimum absolute atomic E-state index is 0.105. The lowest BCUT2D eigenvalue weighted by Gasteiger charge is -2.29. The molecule has 104 valence electrons. The van der Waals surface area contributed by atoms with E-state index in [4.69, 9.17) is 5.73 Å². The lowest BCUT2D eigenvalue weighted by atomic mass is 9.78. The second-order valence-electron chi connectivity index (χ2n) is 5.63. The van der Waals surface area contributed by atoms with Crippen LogP contribution in [0.1, 0.15) is 41.6 Å². The Hall–Kier alpha value is -1.01. The summed E-state index contributed by atoms with van der Waals surface area (Å²) in [6.45, 7) is 3.68. The number of carbonyl (C=O) groups is 1. The minimum atomic E-state index is 0.105. The molecule has 2 heterocycles. The first-order valence-corrected chi connectivity index (χ1v) is 7.84. The summed E-state index contributed by atoms with van der Waals surface area (Å²) in [7, 11) is 0. The lowest BCUT2D eigenvalue weighted by molar-refractivity contribution is 0.0787. The average molecular weight is 280 g/mol. The maximum absolute atomic E-state index is 12.6. The highest BCUT2D eigenvalue weighted by Crippen LogP contribution is 2.36. The largest absolute Gasteiger partial charge is 0.337 e. The van der Waals surface area contributed by atoms with Gasteiger partial charge in [0.15, 0.2) is 0 Å². The van der Waals surface area contributed by atoms with E-state index in [9.17, 15) is 4.79 Å². The normalized spacial score (nSPS) is 30.4. The summed E-state index contributed by atoms with van der Waals surface area (Å²) in [5, 5.41) is 4.03. The van der Waals surface area contributed by atoms with Crippen LogP contribution in [0.3, 0.4) is 0 Å². The number of nitrogens with two attached hydrogens (primary N) is 1. The molecule has 0 radical (unpaired) electrons. The highest BCUT2D eigenvalue weighted by molar-refractivity contribution is 7.08. The Labute approximate surface area is 117 Å². The van der Waals surface area contributed by atoms with Gasteiger partial charge in [0.05, 0.1) is 5.69 Å². The fourth-order valence-corrected chi connectivity index (χ4v) is 4.15. The van der Waals surface area contributed by atoms with Crippen LogP contribution in [0.5, 0.6) is 0 Å². The van der Waals surface area contributed by atoms with Crippen molar-refractivity contribution in [2.45, 2.75) is 38.6 Å². The first-order valence-electron chi connectivity index (χ1n) is 7.06. The topological polar surface area (TPSA) is 72.1 Å². The lowest BCUT2D eigenvalue weighted by Crippen LogP contribution is -2.38. The van der Waals surface area contributed by atoms with Crippen LogP contribution in [0.25, 0.3) is 0 Å². The first kappa shape index (κ1) is 13.0. The van der Waals surface area contributed by atoms with E-state index in [0.717, 1.165) is 36.5 Å². The summed E-state index contributed by atoms with van der Waals surface area (Å²) in [4.78, 5) is 15.2. The van der Waals surface area contributed by atoms with Gasteiger partial charge in [-0.25, -0.2) is 0 Å². The van der Waals surface area contributed by atoms with Crippen LogP contribution in [0.15, 0.2) is 0 Å². The Morgan fingerprint density at radius 1 is 1.47 bits per heavy atom. The van der Waals surface area contributed by atoms with E-state index in [1.54, 1.807) is 0 Å². The SMILES string of the molecule is CCc1nnsc1C(=O)N1CC2CCCC(N)C2C1. The molecule has 1 saturated heterocycles. The van der Waals surface area contributed by atoms with Gasteiger partial charge in [-0.3, -0.25) is 4.79 Å². The zero-order chi connectivity index (χ0) is 13.4. The number of aromatic nitrogens is 2. The summed E-state index contributed by atoms with van der Waals surface area (Å²) in [6.07, 6.45) is 4.28. The molecule has 19 heavy (non-hydrogen) atoms. The van der Waals surface area contributed by atoms with E-state index in [1.807, 2.05) is 11.8 Å². The number of fused-ring (bicyclic) bond motifs is 1. The van der Waals surface area contributed by atoms with Gasteiger partial charge >= 0.3 is 0 Å². The minimum Gasteiger partial charge on any atom is -0.337 e. The third-order valence-corrected chi connectivity index (χ3v) is 5.28. The summed E-state index contributed by atoms with van der Waals surface area (Å²) in [5.41, 5.74) is 7.02. The van der Waals surface area contributed by atoms with Crippen molar-refractivity contribution >= 4 is 17.4 Å². The Morgan fingerprint density at radius 3 is 3.05 bits per heavy atom. The van der Waals surface area contributed by atoms with Gasteiger partial charge in [-0.05, 0) is 42.6 Å². The van der Waals surface area contributed by atoms with Gasteiger partial charge in [0.25, 0.3) is 5.91 Å². The van der Waals surface area contributed by atoms with Crippen molar-refractivity contribution in [3.63, 3.8) is 0 Å². The van der Waals surface area contributed by atoms with Crippen molar-refractivity contribution in [1.29, 1.82) is 0 Å². The standard InChI is InChI=1S/C13H20N4OS/c1-2-11-12(19-16-15-11)13(18)17-6-8-4-3-5-10(14)9(8)7-17/h8-10H,2-7,14H2,1H3. The van der Waals surface area contributed by atoms with Crippen LogP contribution < -0.4 is 5.73 Å². The predicted molar refractivity (Wildman–Crippen MR) is 74.0 cm³/mol. The van der Waals surface area contributed by atoms with Crippen molar-refractivity contribution in [1.82, 2.24) is 14.5 Å². The van der Waals surface area contributed by atoms with E-state index in [2.05, 4.69) is 9.59 Å². The van der Waals surface area contributed by atoms with Crippen LogP contribution in [-0.4, -0.2) is 39.5 Å². The molecule has 3 atom stereocenters. The van der Waals surface area contributed by atoms with Crippen LogP contribution in [0, 0.1) is 11.8 Å². The third-order valence-electron chi connectivity index (χ3n) is 4.53. The number of hydrogen-bond acceptors (Lipinski definition) is 5. The number of carbonyl (C=O) groups excluding carboxylic acids is 1. The molecule has 1 saturated carbocycles. The van der Waals surface area contributed by atoms with Crippen LogP contribution in [-0.2, 0) is 6.42 Å². The molecular weight excluding hydrogens is 260 g/mol. The van der Waals surface area contributed by atoms with Gasteiger partial charge in [-0.15, -0.1) is 5.10 Å². The smallest absolute Gasteiger partial charge is 0.267 e. The third kappa shape index (κ3) is 2.27. The highest BCUT2D eigenvalue weighted by Gasteiger charge is 2.41. The van der Waals surface area contributed by atoms with E-state index in [1.165, 1.54) is 24.4 Å². The molecule has 5 nitrogen and oxygen atoms in total. The number of aryl methyl sites for hydroxylation is 1. The van der Waals surface area contributed by atoms with Gasteiger partial charge in [-0.1, -0.05) is 17.8 Å². The van der Waals surface area contributed by atoms with E-state index >= 15 is 0 Å². The number of hydrogen-bond donors (Lipinski definition) is 1. The Morgan fingerprint density at radius 2 is 2.32 bits per heavy atom. The Bertz CT molecular complexity index is 475. The molecule has 0 bridgehead atoms. The summed E-state index contributed by atoms with van der Waals surface area (Å²) < 4.78 is 3.91. The molecule has 1 aliphatic carbocycles. The van der Waals surface area contributed by atoms with Gasteiger partial charge < -0.3 is 10.6 Å². The average Bonchev–Trinajstić information content (AvgIpc) is 3.04. The predicted octanol–water partition coefficient (Wildman–Crippen LogP) is 1.30. The fraction of sp³-hybridized carbons (Fsp3) is 0.769. The highest BCUT2D eigenvalue weighted by atomic mass is 32.1. The molecule has 2 aliphatic rings. The Kier molecular flexibility index (Phi) is 3.54. The molecule has 3 rings (SSSR count). The van der Waals surface area contributed by atoms with Gasteiger partial charge in [0.1, 0.15) is 4.88 Å². The van der Waals surface area contributed by atoms with E-state index in [-0.39, 0.29) is 11.9 Å². The van der Waals surface area contributed by atoms with Gasteiger partial charge in [0.2, 0.25) is 0 Å². The number of rotatable bonds is 2. The van der Waals surface area contributed by atoms with Crippen molar-refractivity contribution in [3.05, 3.63) is 10.6 Å². The zero-order valence-corrected chi connectivity index (χ0v) is 12.0. The molecule has 1 aromatic heterocycles. The number of nitrogens with zero attached hydrogens (tertiary/aromatic N) is 3. The molecule has 0 spiro atoms. The molecule has 1 amide bonds. The van der Waals surface area contributed by atoms with Crippen molar-refractivity contribution in [3.8, 4) is 0 Å². The summed E-state index contributed by atoms with van der Waals surface area (Å²) in [5.74, 6) is 1.19. The van der Waals surface area contributed by atoms with Gasteiger partial charge in [-0.2, -0.15) is 0 Å². The summed E-state index contributed by atoms with van der Waals surface area (Å²) >= 11 is 1.22. The van der Waals surface area contributed by atoms with Crippen LogP contribution >= 0.6 is 11.5 Å². The molecule has 6 heteroatoms. The Balaban J connectivity index is 1.75. The molecule has 0 aromatic carbocycles. The van der Waals surface area contributed by atoms with Crippen molar-refractivity contribution in [2.24, 2.45) is 17.6 Å². The van der Waals surface area contributed by atoms with E-state index in [0.29, 0.717) is 11.8 Å². The molecule has 1 aromatic rings. The molecule has 3 unspecified atom stereocenters. The van der Waals surface area contributed by atoms with Crippen LogP contribution in [0.2, 0.25) is 0 Å². The zero-order valence-electron chi connectivity index (χ0n) is 11.2. The summed E-state index contributed by atoms with van der Waals surface area (Å²) in [6, 6.07) is 0.266. The molecule has 1 aliphatic heterocycles. The maximum Gasteiger partial charge on any atom is 0.267 e. The van der Waals surface area contributed by atoms with Crippen molar-refractivity contribution in [2.75, 3.05) is 13.1 Å². The molecular formula is C13H20N4OS. The molecule has 2 N–H and O–H groups in total. The quantitative estimate of drug-likeness (QED) is 0.886. The number of likely N-dealkylation sites (tertiary alicyclic amines) is 1. The fourth-order valence-electron chi connectivity index (χ4n) is 3.43. The van der Waals surface area contributed by atoms with Crippen molar-refractivity contribution < 1.29 is 4.79 Å². The number of amides is 1. The first-order chi connectivity index (χ1) is 9.20. The second-order valence-corrected chi connectivity index (χ2v) is 6.39. The maximum atomic E-state index is 12.6. The second kappa shape index (κ2) is 5.17.